The van der Waals surface area contributed by atoms with Crippen molar-refractivity contribution < 1.29 is 9.90 Å². The Hall–Kier alpha value is -1.36. The maximum absolute atomic E-state index is 10.7. The third-order valence-corrected chi connectivity index (χ3v) is 2.27. The van der Waals surface area contributed by atoms with Crippen molar-refractivity contribution in [3.63, 3.8) is 0 Å². The first-order valence-corrected chi connectivity index (χ1v) is 4.33. The summed E-state index contributed by atoms with van der Waals surface area (Å²) < 4.78 is 2.34. The lowest BCUT2D eigenvalue weighted by molar-refractivity contribution is 0.0696. The SMILES string of the molecule is O=C(O)c1cc(Br)c2nccn2c1. The smallest absolute Gasteiger partial charge is 0.337 e. The molecule has 0 saturated heterocycles. The van der Waals surface area contributed by atoms with E-state index in [0.717, 1.165) is 0 Å². The second kappa shape index (κ2) is 2.85. The number of aromatic carboxylic acids is 1. The molecule has 2 aromatic heterocycles. The summed E-state index contributed by atoms with van der Waals surface area (Å²) in [5.41, 5.74) is 0.947. The average Bonchev–Trinajstić information content (AvgIpc) is 2.51. The van der Waals surface area contributed by atoms with E-state index in [1.54, 1.807) is 16.8 Å². The Morgan fingerprint density at radius 2 is 2.38 bits per heavy atom. The van der Waals surface area contributed by atoms with Gasteiger partial charge in [0.25, 0.3) is 0 Å². The lowest BCUT2D eigenvalue weighted by Gasteiger charge is -1.99. The monoisotopic (exact) mass is 240 g/mol. The van der Waals surface area contributed by atoms with E-state index in [2.05, 4.69) is 20.9 Å². The average molecular weight is 241 g/mol. The molecule has 0 saturated carbocycles. The van der Waals surface area contributed by atoms with Gasteiger partial charge in [-0.25, -0.2) is 9.78 Å². The highest BCUT2D eigenvalue weighted by Gasteiger charge is 2.07. The molecule has 1 N–H and O–H groups in total. The molecule has 0 unspecified atom stereocenters. The van der Waals surface area contributed by atoms with Gasteiger partial charge in [-0.1, -0.05) is 0 Å². The molecule has 0 fully saturated rings. The maximum atomic E-state index is 10.7. The molecule has 0 aliphatic heterocycles. The van der Waals surface area contributed by atoms with Gasteiger partial charge in [-0.15, -0.1) is 0 Å². The third kappa shape index (κ3) is 1.31. The van der Waals surface area contributed by atoms with Crippen LogP contribution in [0.3, 0.4) is 0 Å². The van der Waals surface area contributed by atoms with Crippen LogP contribution >= 0.6 is 15.9 Å². The van der Waals surface area contributed by atoms with E-state index in [-0.39, 0.29) is 5.56 Å². The molecule has 0 amide bonds. The predicted molar refractivity (Wildman–Crippen MR) is 49.9 cm³/mol. The van der Waals surface area contributed by atoms with Crippen LogP contribution in [0.25, 0.3) is 5.65 Å². The van der Waals surface area contributed by atoms with E-state index in [1.165, 1.54) is 12.3 Å². The summed E-state index contributed by atoms with van der Waals surface area (Å²) in [6.45, 7) is 0. The van der Waals surface area contributed by atoms with Crippen molar-refractivity contribution >= 4 is 27.5 Å². The first kappa shape index (κ1) is 8.25. The molecular weight excluding hydrogens is 236 g/mol. The van der Waals surface area contributed by atoms with E-state index in [4.69, 9.17) is 5.11 Å². The molecule has 5 heteroatoms. The van der Waals surface area contributed by atoms with Gasteiger partial charge in [0.15, 0.2) is 5.65 Å². The zero-order valence-corrected chi connectivity index (χ0v) is 8.02. The van der Waals surface area contributed by atoms with Crippen LogP contribution in [0.5, 0.6) is 0 Å². The Balaban J connectivity index is 2.77. The van der Waals surface area contributed by atoms with Crippen molar-refractivity contribution in [2.75, 3.05) is 0 Å². The number of carboxylic acids is 1. The summed E-state index contributed by atoms with van der Waals surface area (Å²) in [5.74, 6) is -0.948. The second-order valence-electron chi connectivity index (χ2n) is 2.54. The summed E-state index contributed by atoms with van der Waals surface area (Å²) in [7, 11) is 0. The van der Waals surface area contributed by atoms with Gasteiger partial charge in [0, 0.05) is 18.6 Å². The molecule has 66 valence electrons. The molecule has 13 heavy (non-hydrogen) atoms. The largest absolute Gasteiger partial charge is 0.478 e. The Morgan fingerprint density at radius 1 is 1.62 bits per heavy atom. The van der Waals surface area contributed by atoms with Crippen molar-refractivity contribution in [3.05, 3.63) is 34.7 Å². The zero-order valence-electron chi connectivity index (χ0n) is 6.44. The molecule has 0 aromatic carbocycles. The van der Waals surface area contributed by atoms with Crippen molar-refractivity contribution in [1.29, 1.82) is 0 Å². The summed E-state index contributed by atoms with van der Waals surface area (Å²) in [6.07, 6.45) is 4.84. The van der Waals surface area contributed by atoms with Crippen LogP contribution in [0.2, 0.25) is 0 Å². The van der Waals surface area contributed by atoms with Crippen LogP contribution in [0.1, 0.15) is 10.4 Å². The van der Waals surface area contributed by atoms with Gasteiger partial charge in [0.2, 0.25) is 0 Å². The van der Waals surface area contributed by atoms with Crippen LogP contribution in [0.15, 0.2) is 29.1 Å². The quantitative estimate of drug-likeness (QED) is 0.828. The fourth-order valence-electron chi connectivity index (χ4n) is 1.11. The minimum atomic E-state index is -0.948. The van der Waals surface area contributed by atoms with Crippen molar-refractivity contribution in [2.24, 2.45) is 0 Å². The minimum absolute atomic E-state index is 0.234. The second-order valence-corrected chi connectivity index (χ2v) is 3.39. The number of hydrogen-bond acceptors (Lipinski definition) is 2. The van der Waals surface area contributed by atoms with E-state index < -0.39 is 5.97 Å². The van der Waals surface area contributed by atoms with Gasteiger partial charge in [-0.05, 0) is 22.0 Å². The Bertz CT molecular complexity index is 478. The number of aromatic nitrogens is 2. The highest BCUT2D eigenvalue weighted by molar-refractivity contribution is 9.10. The summed E-state index contributed by atoms with van der Waals surface area (Å²) >= 11 is 3.25. The van der Waals surface area contributed by atoms with Crippen molar-refractivity contribution in [1.82, 2.24) is 9.38 Å². The van der Waals surface area contributed by atoms with E-state index >= 15 is 0 Å². The number of rotatable bonds is 1. The number of carboxylic acid groups (broad SMARTS) is 1. The molecule has 0 radical (unpaired) electrons. The minimum Gasteiger partial charge on any atom is -0.478 e. The van der Waals surface area contributed by atoms with Crippen LogP contribution in [-0.2, 0) is 0 Å². The van der Waals surface area contributed by atoms with E-state index in [1.807, 2.05) is 0 Å². The highest BCUT2D eigenvalue weighted by Crippen LogP contribution is 2.18. The Kier molecular flexibility index (Phi) is 1.81. The number of pyridine rings is 1. The summed E-state index contributed by atoms with van der Waals surface area (Å²) in [5, 5.41) is 8.75. The van der Waals surface area contributed by atoms with Crippen molar-refractivity contribution in [3.8, 4) is 0 Å². The lowest BCUT2D eigenvalue weighted by Crippen LogP contribution is -1.99. The molecule has 2 aromatic rings. The lowest BCUT2D eigenvalue weighted by atomic mass is 10.3. The fourth-order valence-corrected chi connectivity index (χ4v) is 1.66. The zero-order chi connectivity index (χ0) is 9.42. The number of fused-ring (bicyclic) bond motifs is 1. The molecule has 2 heterocycles. The Labute approximate surface area is 82.0 Å². The van der Waals surface area contributed by atoms with Crippen LogP contribution in [-0.4, -0.2) is 20.5 Å². The maximum Gasteiger partial charge on any atom is 0.337 e. The standard InChI is InChI=1S/C8H5BrN2O2/c9-6-3-5(8(12)13)4-11-2-1-10-7(6)11/h1-4H,(H,12,13). The predicted octanol–water partition coefficient (Wildman–Crippen LogP) is 1.79. The molecule has 0 spiro atoms. The Morgan fingerprint density at radius 3 is 3.08 bits per heavy atom. The van der Waals surface area contributed by atoms with Gasteiger partial charge in [-0.2, -0.15) is 0 Å². The first-order valence-electron chi connectivity index (χ1n) is 3.54. The molecule has 0 aliphatic carbocycles. The van der Waals surface area contributed by atoms with Crippen LogP contribution in [0.4, 0.5) is 0 Å². The van der Waals surface area contributed by atoms with Gasteiger partial charge < -0.3 is 9.51 Å². The topological polar surface area (TPSA) is 54.6 Å². The molecule has 4 nitrogen and oxygen atoms in total. The third-order valence-electron chi connectivity index (χ3n) is 1.69. The van der Waals surface area contributed by atoms with E-state index in [0.29, 0.717) is 10.1 Å². The number of imidazole rings is 1. The van der Waals surface area contributed by atoms with Crippen LogP contribution in [0, 0.1) is 0 Å². The van der Waals surface area contributed by atoms with Gasteiger partial charge in [0.05, 0.1) is 10.0 Å². The molecule has 0 atom stereocenters. The normalized spacial score (nSPS) is 10.5. The van der Waals surface area contributed by atoms with Gasteiger partial charge in [-0.3, -0.25) is 0 Å². The van der Waals surface area contributed by atoms with Crippen molar-refractivity contribution in [2.45, 2.75) is 0 Å². The highest BCUT2D eigenvalue weighted by atomic mass is 79.9. The fraction of sp³-hybridized carbons (Fsp3) is 0. The number of halogens is 1. The van der Waals surface area contributed by atoms with E-state index in [9.17, 15) is 4.79 Å². The molecular formula is C8H5BrN2O2. The first-order chi connectivity index (χ1) is 6.18. The van der Waals surface area contributed by atoms with Gasteiger partial charge >= 0.3 is 5.97 Å². The number of carbonyl (C=O) groups is 1. The summed E-state index contributed by atoms with van der Waals surface area (Å²) in [4.78, 5) is 14.7. The number of nitrogens with zero attached hydrogens (tertiary/aromatic N) is 2. The summed E-state index contributed by atoms with van der Waals surface area (Å²) in [6, 6.07) is 1.53. The van der Waals surface area contributed by atoms with Gasteiger partial charge in [0.1, 0.15) is 0 Å². The number of hydrogen-bond donors (Lipinski definition) is 1. The molecule has 2 rings (SSSR count). The molecule has 0 bridgehead atoms. The molecule has 0 aliphatic rings. The van der Waals surface area contributed by atoms with Crippen LogP contribution < -0.4 is 0 Å².